The van der Waals surface area contributed by atoms with Gasteiger partial charge in [-0.25, -0.2) is 4.39 Å². The molecule has 0 bridgehead atoms. The zero-order valence-electron chi connectivity index (χ0n) is 13.8. The van der Waals surface area contributed by atoms with Crippen molar-refractivity contribution in [1.82, 2.24) is 5.32 Å². The summed E-state index contributed by atoms with van der Waals surface area (Å²) in [5.41, 5.74) is 2.57. The summed E-state index contributed by atoms with van der Waals surface area (Å²) in [7, 11) is 0. The summed E-state index contributed by atoms with van der Waals surface area (Å²) in [5.74, 6) is -0.323. The molecule has 0 radical (unpaired) electrons. The van der Waals surface area contributed by atoms with Crippen LogP contribution in [0, 0.1) is 12.7 Å². The fourth-order valence-electron chi connectivity index (χ4n) is 3.27. The van der Waals surface area contributed by atoms with Crippen LogP contribution < -0.4 is 5.32 Å². The summed E-state index contributed by atoms with van der Waals surface area (Å²) in [4.78, 5) is 12.5. The van der Waals surface area contributed by atoms with Gasteiger partial charge in [0.25, 0.3) is 5.91 Å². The predicted octanol–water partition coefficient (Wildman–Crippen LogP) is 3.61. The van der Waals surface area contributed by atoms with E-state index in [1.165, 1.54) is 12.1 Å². The molecule has 2 aromatic carbocycles. The van der Waals surface area contributed by atoms with E-state index < -0.39 is 0 Å². The number of rotatable bonds is 4. The quantitative estimate of drug-likeness (QED) is 0.931. The van der Waals surface area contributed by atoms with E-state index in [4.69, 9.17) is 4.74 Å². The fourth-order valence-corrected chi connectivity index (χ4v) is 3.27. The number of carbonyl (C=O) groups is 1. The number of aryl methyl sites for hydroxylation is 1. The number of nitrogens with one attached hydrogen (secondary N) is 1. The SMILES string of the molecule is Cc1cccc(C(=O)NCC2(c3ccc(F)cc3)CCOCC2)c1. The van der Waals surface area contributed by atoms with Gasteiger partial charge in [0.2, 0.25) is 0 Å². The third-order valence-corrected chi connectivity index (χ3v) is 4.77. The van der Waals surface area contributed by atoms with Crippen LogP contribution in [0.4, 0.5) is 4.39 Å². The van der Waals surface area contributed by atoms with Gasteiger partial charge in [0.05, 0.1) is 0 Å². The Morgan fingerprint density at radius 3 is 2.54 bits per heavy atom. The molecular formula is C20H22FNO2. The maximum Gasteiger partial charge on any atom is 0.251 e. The highest BCUT2D eigenvalue weighted by molar-refractivity contribution is 5.94. The Kier molecular flexibility index (Phi) is 4.95. The second-order valence-electron chi connectivity index (χ2n) is 6.45. The van der Waals surface area contributed by atoms with Gasteiger partial charge in [-0.2, -0.15) is 0 Å². The molecule has 3 nitrogen and oxygen atoms in total. The van der Waals surface area contributed by atoms with E-state index in [9.17, 15) is 9.18 Å². The minimum absolute atomic E-state index is 0.0771. The van der Waals surface area contributed by atoms with Crippen LogP contribution in [0.3, 0.4) is 0 Å². The summed E-state index contributed by atoms with van der Waals surface area (Å²) in [5, 5.41) is 3.06. The van der Waals surface area contributed by atoms with Crippen molar-refractivity contribution < 1.29 is 13.9 Å². The molecule has 3 rings (SSSR count). The van der Waals surface area contributed by atoms with Gasteiger partial charge >= 0.3 is 0 Å². The van der Waals surface area contributed by atoms with Crippen molar-refractivity contribution in [2.45, 2.75) is 25.2 Å². The van der Waals surface area contributed by atoms with E-state index in [-0.39, 0.29) is 17.1 Å². The van der Waals surface area contributed by atoms with Crippen molar-refractivity contribution in [2.75, 3.05) is 19.8 Å². The molecule has 0 aliphatic carbocycles. The summed E-state index contributed by atoms with van der Waals surface area (Å²) < 4.78 is 18.7. The van der Waals surface area contributed by atoms with Gasteiger partial charge in [-0.3, -0.25) is 4.79 Å². The number of carbonyl (C=O) groups excluding carboxylic acids is 1. The van der Waals surface area contributed by atoms with Crippen molar-refractivity contribution in [1.29, 1.82) is 0 Å². The van der Waals surface area contributed by atoms with Gasteiger partial charge in [0, 0.05) is 30.7 Å². The average molecular weight is 327 g/mol. The third kappa shape index (κ3) is 3.65. The van der Waals surface area contributed by atoms with Gasteiger partial charge < -0.3 is 10.1 Å². The van der Waals surface area contributed by atoms with Crippen LogP contribution in [0.5, 0.6) is 0 Å². The monoisotopic (exact) mass is 327 g/mol. The minimum Gasteiger partial charge on any atom is -0.381 e. The van der Waals surface area contributed by atoms with Crippen LogP contribution in [0.2, 0.25) is 0 Å². The molecule has 0 saturated carbocycles. The van der Waals surface area contributed by atoms with Crippen molar-refractivity contribution in [3.8, 4) is 0 Å². The number of hydrogen-bond donors (Lipinski definition) is 1. The largest absolute Gasteiger partial charge is 0.381 e. The molecule has 1 N–H and O–H groups in total. The second-order valence-corrected chi connectivity index (χ2v) is 6.45. The molecule has 1 aliphatic rings. The van der Waals surface area contributed by atoms with Crippen LogP contribution >= 0.6 is 0 Å². The first-order chi connectivity index (χ1) is 11.6. The lowest BCUT2D eigenvalue weighted by Crippen LogP contribution is -2.44. The molecule has 1 fully saturated rings. The fraction of sp³-hybridized carbons (Fsp3) is 0.350. The second kappa shape index (κ2) is 7.14. The first-order valence-electron chi connectivity index (χ1n) is 8.28. The molecule has 1 saturated heterocycles. The average Bonchev–Trinajstić information content (AvgIpc) is 2.61. The standard InChI is InChI=1S/C20H22FNO2/c1-15-3-2-4-16(13-15)19(23)22-14-20(9-11-24-12-10-20)17-5-7-18(21)8-6-17/h2-8,13H,9-12,14H2,1H3,(H,22,23). The van der Waals surface area contributed by atoms with Crippen LogP contribution in [-0.2, 0) is 10.2 Å². The molecular weight excluding hydrogens is 305 g/mol. The molecule has 1 aliphatic heterocycles. The summed E-state index contributed by atoms with van der Waals surface area (Å²) >= 11 is 0. The molecule has 1 amide bonds. The molecule has 4 heteroatoms. The highest BCUT2D eigenvalue weighted by Gasteiger charge is 2.34. The van der Waals surface area contributed by atoms with Gasteiger partial charge in [-0.15, -0.1) is 0 Å². The van der Waals surface area contributed by atoms with Crippen LogP contribution in [0.1, 0.15) is 34.3 Å². The van der Waals surface area contributed by atoms with Gasteiger partial charge in [-0.05, 0) is 49.6 Å². The third-order valence-electron chi connectivity index (χ3n) is 4.77. The Hall–Kier alpha value is -2.20. The summed E-state index contributed by atoms with van der Waals surface area (Å²) in [6.45, 7) is 3.79. The van der Waals surface area contributed by atoms with E-state index >= 15 is 0 Å². The van der Waals surface area contributed by atoms with Gasteiger partial charge in [0.15, 0.2) is 0 Å². The van der Waals surface area contributed by atoms with E-state index in [0.717, 1.165) is 24.0 Å². The number of benzene rings is 2. The molecule has 2 aromatic rings. The van der Waals surface area contributed by atoms with E-state index in [0.29, 0.717) is 25.3 Å². The first-order valence-corrected chi connectivity index (χ1v) is 8.28. The normalized spacial score (nSPS) is 16.6. The highest BCUT2D eigenvalue weighted by Crippen LogP contribution is 2.34. The minimum atomic E-state index is -0.246. The molecule has 0 unspecified atom stereocenters. The van der Waals surface area contributed by atoms with Crippen molar-refractivity contribution in [2.24, 2.45) is 0 Å². The molecule has 24 heavy (non-hydrogen) atoms. The number of halogens is 1. The van der Waals surface area contributed by atoms with Crippen LogP contribution in [0.25, 0.3) is 0 Å². The van der Waals surface area contributed by atoms with E-state index in [2.05, 4.69) is 5.32 Å². The Balaban J connectivity index is 1.77. The molecule has 0 aromatic heterocycles. The van der Waals surface area contributed by atoms with E-state index in [1.807, 2.05) is 43.3 Å². The molecule has 0 spiro atoms. The zero-order valence-corrected chi connectivity index (χ0v) is 13.8. The number of hydrogen-bond acceptors (Lipinski definition) is 2. The molecule has 1 heterocycles. The highest BCUT2D eigenvalue weighted by atomic mass is 19.1. The number of amides is 1. The van der Waals surface area contributed by atoms with E-state index in [1.54, 1.807) is 0 Å². The first kappa shape index (κ1) is 16.7. The zero-order chi connectivity index (χ0) is 17.0. The smallest absolute Gasteiger partial charge is 0.251 e. The predicted molar refractivity (Wildman–Crippen MR) is 91.6 cm³/mol. The maximum absolute atomic E-state index is 13.3. The van der Waals surface area contributed by atoms with Crippen molar-refractivity contribution in [3.63, 3.8) is 0 Å². The van der Waals surface area contributed by atoms with Crippen molar-refractivity contribution >= 4 is 5.91 Å². The lowest BCUT2D eigenvalue weighted by Gasteiger charge is -2.38. The van der Waals surface area contributed by atoms with Crippen LogP contribution in [0.15, 0.2) is 48.5 Å². The molecule has 126 valence electrons. The van der Waals surface area contributed by atoms with Gasteiger partial charge in [-0.1, -0.05) is 29.8 Å². The van der Waals surface area contributed by atoms with Crippen LogP contribution in [-0.4, -0.2) is 25.7 Å². The Morgan fingerprint density at radius 1 is 1.17 bits per heavy atom. The number of ether oxygens (including phenoxy) is 1. The lowest BCUT2D eigenvalue weighted by molar-refractivity contribution is 0.0487. The topological polar surface area (TPSA) is 38.3 Å². The van der Waals surface area contributed by atoms with Gasteiger partial charge in [0.1, 0.15) is 5.82 Å². The Morgan fingerprint density at radius 2 is 1.88 bits per heavy atom. The Bertz CT molecular complexity index is 706. The lowest BCUT2D eigenvalue weighted by atomic mass is 9.74. The summed E-state index contributed by atoms with van der Waals surface area (Å²) in [6.07, 6.45) is 1.62. The summed E-state index contributed by atoms with van der Waals surface area (Å²) in [6, 6.07) is 14.1. The maximum atomic E-state index is 13.3. The molecule has 0 atom stereocenters. The van der Waals surface area contributed by atoms with Crippen molar-refractivity contribution in [3.05, 3.63) is 71.0 Å². The Labute approximate surface area is 141 Å².